The molecule has 0 aliphatic rings. The van der Waals surface area contributed by atoms with Crippen LogP contribution >= 0.6 is 27.5 Å². The molecule has 0 bridgehead atoms. The molecular formula is C14H14BrClN2. The highest BCUT2D eigenvalue weighted by molar-refractivity contribution is 9.10. The summed E-state index contributed by atoms with van der Waals surface area (Å²) in [5.74, 6) is 1.52. The Morgan fingerprint density at radius 3 is 2.89 bits per heavy atom. The lowest BCUT2D eigenvalue weighted by molar-refractivity contribution is 0.929. The van der Waals surface area contributed by atoms with E-state index in [2.05, 4.69) is 38.4 Å². The molecule has 94 valence electrons. The van der Waals surface area contributed by atoms with Crippen molar-refractivity contribution in [3.8, 4) is 0 Å². The van der Waals surface area contributed by atoms with Crippen LogP contribution in [0.25, 0.3) is 0 Å². The lowest BCUT2D eigenvalue weighted by Gasteiger charge is -2.08. The van der Waals surface area contributed by atoms with Gasteiger partial charge in [0.1, 0.15) is 5.82 Å². The van der Waals surface area contributed by atoms with Crippen molar-refractivity contribution in [3.63, 3.8) is 0 Å². The van der Waals surface area contributed by atoms with Crippen molar-refractivity contribution in [1.29, 1.82) is 0 Å². The zero-order valence-corrected chi connectivity index (χ0v) is 12.2. The molecule has 0 amide bonds. The molecule has 1 aromatic carbocycles. The lowest BCUT2D eigenvalue weighted by Crippen LogP contribution is -1.95. The van der Waals surface area contributed by atoms with Crippen LogP contribution in [-0.2, 0) is 6.42 Å². The molecule has 0 saturated carbocycles. The highest BCUT2D eigenvalue weighted by Gasteiger charge is 2.01. The first-order valence-corrected chi connectivity index (χ1v) is 7.15. The molecule has 0 spiro atoms. The number of hydrogen-bond acceptors (Lipinski definition) is 2. The molecule has 2 aromatic rings. The quantitative estimate of drug-likeness (QED) is 0.802. The summed E-state index contributed by atoms with van der Waals surface area (Å²) in [6.07, 6.45) is 3.77. The van der Waals surface area contributed by atoms with E-state index in [9.17, 15) is 0 Å². The Hall–Kier alpha value is -1.06. The second kappa shape index (κ2) is 6.76. The number of pyridine rings is 1. The van der Waals surface area contributed by atoms with Crippen molar-refractivity contribution in [2.24, 2.45) is 0 Å². The van der Waals surface area contributed by atoms with Crippen LogP contribution in [0.4, 0.5) is 11.5 Å². The van der Waals surface area contributed by atoms with Gasteiger partial charge in [0.25, 0.3) is 0 Å². The highest BCUT2D eigenvalue weighted by atomic mass is 79.9. The van der Waals surface area contributed by atoms with Crippen molar-refractivity contribution in [3.05, 3.63) is 52.6 Å². The SMILES string of the molecule is ClCCCc1cccc(Nc2ncccc2Br)c1. The molecule has 0 aliphatic carbocycles. The fourth-order valence-electron chi connectivity index (χ4n) is 1.69. The second-order valence-corrected chi connectivity index (χ2v) is 5.18. The number of benzene rings is 1. The van der Waals surface area contributed by atoms with E-state index in [1.165, 1.54) is 5.56 Å². The van der Waals surface area contributed by atoms with E-state index in [1.54, 1.807) is 6.20 Å². The fraction of sp³-hybridized carbons (Fsp3) is 0.214. The average Bonchev–Trinajstić information content (AvgIpc) is 2.40. The van der Waals surface area contributed by atoms with Crippen LogP contribution in [0.2, 0.25) is 0 Å². The van der Waals surface area contributed by atoms with Crippen molar-refractivity contribution in [1.82, 2.24) is 4.98 Å². The Labute approximate surface area is 121 Å². The van der Waals surface area contributed by atoms with Crippen LogP contribution < -0.4 is 5.32 Å². The third-order valence-corrected chi connectivity index (χ3v) is 3.45. The van der Waals surface area contributed by atoms with Gasteiger partial charge in [-0.2, -0.15) is 0 Å². The van der Waals surface area contributed by atoms with Gasteiger partial charge in [-0.1, -0.05) is 12.1 Å². The van der Waals surface area contributed by atoms with Crippen molar-refractivity contribution in [2.75, 3.05) is 11.2 Å². The van der Waals surface area contributed by atoms with Gasteiger partial charge in [-0.3, -0.25) is 0 Å². The predicted octanol–water partition coefficient (Wildman–Crippen LogP) is 4.76. The molecule has 1 aromatic heterocycles. The summed E-state index contributed by atoms with van der Waals surface area (Å²) < 4.78 is 0.955. The van der Waals surface area contributed by atoms with E-state index in [4.69, 9.17) is 11.6 Å². The van der Waals surface area contributed by atoms with Gasteiger partial charge >= 0.3 is 0 Å². The van der Waals surface area contributed by atoms with E-state index in [0.29, 0.717) is 5.88 Å². The van der Waals surface area contributed by atoms with Crippen LogP contribution in [0.5, 0.6) is 0 Å². The van der Waals surface area contributed by atoms with E-state index in [-0.39, 0.29) is 0 Å². The molecule has 1 N–H and O–H groups in total. The summed E-state index contributed by atoms with van der Waals surface area (Å²) in [4.78, 5) is 4.29. The van der Waals surface area contributed by atoms with Gasteiger partial charge in [-0.15, -0.1) is 11.6 Å². The van der Waals surface area contributed by atoms with Crippen molar-refractivity contribution >= 4 is 39.0 Å². The minimum absolute atomic E-state index is 0.698. The van der Waals surface area contributed by atoms with E-state index in [1.807, 2.05) is 24.3 Å². The molecule has 1 heterocycles. The maximum Gasteiger partial charge on any atom is 0.144 e. The first-order valence-electron chi connectivity index (χ1n) is 5.82. The largest absolute Gasteiger partial charge is 0.339 e. The predicted molar refractivity (Wildman–Crippen MR) is 80.7 cm³/mol. The van der Waals surface area contributed by atoms with Crippen LogP contribution in [-0.4, -0.2) is 10.9 Å². The topological polar surface area (TPSA) is 24.9 Å². The molecule has 0 atom stereocenters. The summed E-state index contributed by atoms with van der Waals surface area (Å²) in [7, 11) is 0. The third kappa shape index (κ3) is 3.72. The number of rotatable bonds is 5. The molecule has 0 aliphatic heterocycles. The Balaban J connectivity index is 2.12. The Morgan fingerprint density at radius 2 is 2.11 bits per heavy atom. The van der Waals surface area contributed by atoms with E-state index in [0.717, 1.165) is 28.8 Å². The number of hydrogen-bond donors (Lipinski definition) is 1. The van der Waals surface area contributed by atoms with Crippen LogP contribution in [0, 0.1) is 0 Å². The van der Waals surface area contributed by atoms with Crippen molar-refractivity contribution < 1.29 is 0 Å². The fourth-order valence-corrected chi connectivity index (χ4v) is 2.18. The van der Waals surface area contributed by atoms with Gasteiger partial charge in [0, 0.05) is 17.8 Å². The molecule has 2 nitrogen and oxygen atoms in total. The molecule has 2 rings (SSSR count). The molecule has 0 unspecified atom stereocenters. The monoisotopic (exact) mass is 324 g/mol. The third-order valence-electron chi connectivity index (χ3n) is 2.55. The van der Waals surface area contributed by atoms with E-state index < -0.39 is 0 Å². The van der Waals surface area contributed by atoms with Crippen LogP contribution in [0.3, 0.4) is 0 Å². The van der Waals surface area contributed by atoms with Gasteiger partial charge < -0.3 is 5.32 Å². The standard InChI is InChI=1S/C14H14BrClN2/c15-13-7-3-9-17-14(13)18-12-6-1-4-11(10-12)5-2-8-16/h1,3-4,6-7,9-10H,2,5,8H2,(H,17,18). The van der Waals surface area contributed by atoms with Gasteiger partial charge in [0.15, 0.2) is 0 Å². The highest BCUT2D eigenvalue weighted by Crippen LogP contribution is 2.23. The summed E-state index contributed by atoms with van der Waals surface area (Å²) in [5.41, 5.74) is 2.33. The van der Waals surface area contributed by atoms with Crippen LogP contribution in [0.15, 0.2) is 47.1 Å². The number of anilines is 2. The Morgan fingerprint density at radius 1 is 1.22 bits per heavy atom. The van der Waals surface area contributed by atoms with Gasteiger partial charge in [-0.05, 0) is 58.6 Å². The molecule has 4 heteroatoms. The summed E-state index contributed by atoms with van der Waals surface area (Å²) in [6, 6.07) is 12.2. The normalized spacial score (nSPS) is 10.3. The molecule has 0 radical (unpaired) electrons. The number of halogens is 2. The van der Waals surface area contributed by atoms with Gasteiger partial charge in [-0.25, -0.2) is 4.98 Å². The van der Waals surface area contributed by atoms with Crippen molar-refractivity contribution in [2.45, 2.75) is 12.8 Å². The number of alkyl halides is 1. The number of aryl methyl sites for hydroxylation is 1. The number of nitrogens with zero attached hydrogens (tertiary/aromatic N) is 1. The lowest BCUT2D eigenvalue weighted by atomic mass is 10.1. The maximum atomic E-state index is 5.71. The molecular weight excluding hydrogens is 312 g/mol. The van der Waals surface area contributed by atoms with Crippen LogP contribution in [0.1, 0.15) is 12.0 Å². The summed E-state index contributed by atoms with van der Waals surface area (Å²) in [6.45, 7) is 0. The zero-order chi connectivity index (χ0) is 12.8. The summed E-state index contributed by atoms with van der Waals surface area (Å²) in [5, 5.41) is 3.30. The zero-order valence-electron chi connectivity index (χ0n) is 9.87. The number of nitrogens with one attached hydrogen (secondary N) is 1. The molecule has 18 heavy (non-hydrogen) atoms. The minimum Gasteiger partial charge on any atom is -0.339 e. The second-order valence-electron chi connectivity index (χ2n) is 3.95. The first-order chi connectivity index (χ1) is 8.79. The number of aromatic nitrogens is 1. The minimum atomic E-state index is 0.698. The van der Waals surface area contributed by atoms with Gasteiger partial charge in [0.05, 0.1) is 4.47 Å². The summed E-state index contributed by atoms with van der Waals surface area (Å²) >= 11 is 9.18. The Bertz CT molecular complexity index is 517. The van der Waals surface area contributed by atoms with E-state index >= 15 is 0 Å². The molecule has 0 saturated heterocycles. The first kappa shape index (κ1) is 13.4. The van der Waals surface area contributed by atoms with Gasteiger partial charge in [0.2, 0.25) is 0 Å². The molecule has 0 fully saturated rings. The Kier molecular flexibility index (Phi) is 5.02. The maximum absolute atomic E-state index is 5.71. The average molecular weight is 326 g/mol. The smallest absolute Gasteiger partial charge is 0.144 e.